The van der Waals surface area contributed by atoms with Crippen LogP contribution in [0.4, 0.5) is 0 Å². The van der Waals surface area contributed by atoms with Crippen LogP contribution in [0.2, 0.25) is 0 Å². The third-order valence-corrected chi connectivity index (χ3v) is 18.1. The zero-order valence-corrected chi connectivity index (χ0v) is 63.8. The number of rotatable bonds is 11. The average molecular weight is 1710 g/mol. The molecule has 0 atom stereocenters. The monoisotopic (exact) mass is 1700 g/mol. The summed E-state index contributed by atoms with van der Waals surface area (Å²) in [4.78, 5) is 16.2. The Morgan fingerprint density at radius 1 is 0.265 bits per heavy atom. The minimum atomic E-state index is 0. The van der Waals surface area contributed by atoms with Crippen molar-refractivity contribution in [1.29, 1.82) is 0 Å². The summed E-state index contributed by atoms with van der Waals surface area (Å²) in [7, 11) is 0. The Labute approximate surface area is 602 Å². The van der Waals surface area contributed by atoms with Crippen LogP contribution in [-0.2, 0) is 36.8 Å². The second-order valence-electron chi connectivity index (χ2n) is 15.3. The second kappa shape index (κ2) is 55.0. The van der Waals surface area contributed by atoms with Crippen molar-refractivity contribution in [3.63, 3.8) is 0 Å². The van der Waals surface area contributed by atoms with Crippen LogP contribution in [0, 0.1) is 0 Å². The van der Waals surface area contributed by atoms with Gasteiger partial charge in [-0.05, 0) is 213 Å². The first-order chi connectivity index (χ1) is 39.6. The van der Waals surface area contributed by atoms with Crippen LogP contribution in [-0.4, -0.2) is 31.3 Å². The van der Waals surface area contributed by atoms with Crippen molar-refractivity contribution >= 4 is 196 Å². The third-order valence-electron chi connectivity index (χ3n) is 9.73. The standard InChI is InChI=1S/2C13H12S2.C12H10S2.2C7H7BrS.C7H8S.C6H6S.Br2.BrH.2Cu.O/c2*1-14-11-7-9-13(10-8-11)15-12-5-3-2-4-6-12;13-10-6-8-12(9-7-10)14-11-4-2-1-3-5-11;2*1-9-7-4-2-6(8)3-5-7;1-8-7-5-3-2-4-6-7;7-6-4-2-1-3-5-6;1-2;;;;/h2*2-10H,1H3;1-9,13H;2*2-5H,1H3;2-6H,1H3;1-5,7H;;1H;;;. The molecule has 0 aromatic heterocycles. The maximum atomic E-state index is 7.81. The Bertz CT molecular complexity index is 2920. The number of hydrogen-bond acceptors (Lipinski definition) is 11. The molecule has 0 fully saturated rings. The molecule has 0 aliphatic carbocycles. The van der Waals surface area contributed by atoms with Gasteiger partial charge in [0.1, 0.15) is 0 Å². The molecule has 0 amide bonds. The summed E-state index contributed by atoms with van der Waals surface area (Å²) in [6, 6.07) is 93.4. The predicted molar refractivity (Wildman–Crippen MR) is 394 cm³/mol. The summed E-state index contributed by atoms with van der Waals surface area (Å²) in [5.41, 5.74) is 0. The normalized spacial score (nSPS) is 9.22. The molecule has 0 unspecified atom stereocenters. The van der Waals surface area contributed by atoms with Gasteiger partial charge in [0.25, 0.3) is 0 Å². The van der Waals surface area contributed by atoms with Gasteiger partial charge in [-0.25, -0.2) is 0 Å². The molecule has 83 heavy (non-hydrogen) atoms. The average Bonchev–Trinajstić information content (AvgIpc) is 3.54. The summed E-state index contributed by atoms with van der Waals surface area (Å²) >= 11 is 37.7. The molecule has 0 bridgehead atoms. The summed E-state index contributed by atoms with van der Waals surface area (Å²) in [6.45, 7) is 0. The van der Waals surface area contributed by atoms with Gasteiger partial charge in [-0.2, -0.15) is 0 Å². The second-order valence-corrected chi connectivity index (χ2v) is 26.0. The topological polar surface area (TPSA) is 17.1 Å². The quantitative estimate of drug-likeness (QED) is 0.0742. The van der Waals surface area contributed by atoms with Gasteiger partial charge in [-0.15, -0.1) is 101 Å². The fourth-order valence-electron chi connectivity index (χ4n) is 5.80. The number of hydrogen-bond donors (Lipinski definition) is 2. The van der Waals surface area contributed by atoms with E-state index in [4.69, 9.17) is 3.83 Å². The maximum absolute atomic E-state index is 7.81. The Morgan fingerprint density at radius 2 is 0.422 bits per heavy atom. The Morgan fingerprint density at radius 3 is 0.627 bits per heavy atom. The van der Waals surface area contributed by atoms with E-state index >= 15 is 0 Å². The molecule has 10 rings (SSSR count). The van der Waals surface area contributed by atoms with Gasteiger partial charge in [0, 0.05) is 118 Å². The number of halogens is 5. The van der Waals surface area contributed by atoms with Crippen LogP contribution in [0.15, 0.2) is 346 Å². The van der Waals surface area contributed by atoms with E-state index in [9.17, 15) is 0 Å². The molecule has 10 aromatic carbocycles. The van der Waals surface area contributed by atoms with Crippen molar-refractivity contribution in [3.8, 4) is 0 Å². The Balaban J connectivity index is 0.000000947. The fourth-order valence-corrected chi connectivity index (χ4v) is 11.2. The molecule has 10 aromatic rings. The summed E-state index contributed by atoms with van der Waals surface area (Å²) < 4.78 is 10.1. The molecule has 446 valence electrons. The number of benzene rings is 10. The van der Waals surface area contributed by atoms with Gasteiger partial charge in [0.05, 0.1) is 0 Å². The Hall–Kier alpha value is -1.06. The van der Waals surface area contributed by atoms with E-state index in [0.29, 0.717) is 0 Å². The van der Waals surface area contributed by atoms with Crippen molar-refractivity contribution in [2.75, 3.05) is 31.3 Å². The zero-order valence-electron chi connectivity index (χ0n) is 45.6. The van der Waals surface area contributed by atoms with Crippen molar-refractivity contribution < 1.29 is 36.8 Å². The molecule has 0 saturated carbocycles. The fraction of sp³-hybridized carbons (Fsp3) is 0.0769. The molecule has 18 heteroatoms. The SMILES string of the molecule is Br.BrBr.CSc1ccc(Br)cc1.CSc1ccc(Br)cc1.CSc1ccc(Sc2ccccc2)cc1.CSc1ccc(Sc2ccccc2)cc1.CSc1ccccc1.Sc1ccc(Sc2ccccc2)cc1.Sc1ccccc1.[Cu].[O]=[Cu]. The first-order valence-corrected chi connectivity index (χ1v) is 39.2. The molecule has 0 spiro atoms. The van der Waals surface area contributed by atoms with Crippen LogP contribution >= 0.6 is 196 Å². The van der Waals surface area contributed by atoms with E-state index in [1.54, 1.807) is 94.1 Å². The first kappa shape index (κ1) is 81.9. The predicted octanol–water partition coefficient (Wildman–Crippen LogP) is 26.1. The van der Waals surface area contributed by atoms with Crippen molar-refractivity contribution in [2.45, 2.75) is 63.6 Å². The van der Waals surface area contributed by atoms with Crippen molar-refractivity contribution in [1.82, 2.24) is 0 Å². The van der Waals surface area contributed by atoms with E-state index in [1.807, 2.05) is 103 Å². The molecule has 0 aliphatic rings. The molecular weight excluding hydrogens is 1640 g/mol. The molecule has 1 nitrogen and oxygen atoms in total. The zero-order chi connectivity index (χ0) is 59.1. The van der Waals surface area contributed by atoms with Gasteiger partial charge in [-0.1, -0.05) is 158 Å². The van der Waals surface area contributed by atoms with Gasteiger partial charge in [0.15, 0.2) is 0 Å². The summed E-state index contributed by atoms with van der Waals surface area (Å²) in [5.74, 6) is 0. The van der Waals surface area contributed by atoms with E-state index < -0.39 is 0 Å². The van der Waals surface area contributed by atoms with Gasteiger partial charge >= 0.3 is 19.8 Å². The molecule has 1 radical (unpaired) electrons. The van der Waals surface area contributed by atoms with Gasteiger partial charge in [-0.3, -0.25) is 0 Å². The van der Waals surface area contributed by atoms with Crippen LogP contribution in [0.5, 0.6) is 0 Å². The molecule has 0 saturated heterocycles. The van der Waals surface area contributed by atoms with E-state index in [2.05, 4.69) is 302 Å². The van der Waals surface area contributed by atoms with Gasteiger partial charge < -0.3 is 0 Å². The number of thiol groups is 2. The molecular formula is C65H63Br5Cu2OS10. The summed E-state index contributed by atoms with van der Waals surface area (Å²) in [5, 5.41) is 0. The van der Waals surface area contributed by atoms with E-state index in [1.165, 1.54) is 53.9 Å². The van der Waals surface area contributed by atoms with Crippen molar-refractivity contribution in [3.05, 3.63) is 282 Å². The van der Waals surface area contributed by atoms with Crippen LogP contribution in [0.25, 0.3) is 0 Å². The third kappa shape index (κ3) is 41.0. The number of thioether (sulfide) groups is 5. The first-order valence-electron chi connectivity index (χ1n) is 24.0. The van der Waals surface area contributed by atoms with Crippen LogP contribution in [0.3, 0.4) is 0 Å². The molecule has 0 aliphatic heterocycles. The van der Waals surface area contributed by atoms with E-state index in [0.717, 1.165) is 18.7 Å². The van der Waals surface area contributed by atoms with Crippen LogP contribution in [0.1, 0.15) is 0 Å². The Kier molecular flexibility index (Phi) is 54.3. The van der Waals surface area contributed by atoms with E-state index in [-0.39, 0.29) is 34.1 Å². The summed E-state index contributed by atoms with van der Waals surface area (Å²) in [6.07, 6.45) is 10.4. The van der Waals surface area contributed by atoms with Crippen molar-refractivity contribution in [2.24, 2.45) is 0 Å². The minimum absolute atomic E-state index is 0. The van der Waals surface area contributed by atoms with Crippen LogP contribution < -0.4 is 0 Å². The van der Waals surface area contributed by atoms with Gasteiger partial charge in [0.2, 0.25) is 0 Å². The molecule has 0 N–H and O–H groups in total. The molecule has 0 heterocycles.